The molecule has 0 aliphatic carbocycles. The molecule has 0 aromatic carbocycles. The van der Waals surface area contributed by atoms with Crippen LogP contribution in [-0.4, -0.2) is 42.5 Å². The first-order valence-corrected chi connectivity index (χ1v) is 5.88. The molecule has 2 atom stereocenters. The lowest BCUT2D eigenvalue weighted by atomic mass is 10.1. The molecular weight excluding hydrogens is 190 g/mol. The van der Waals surface area contributed by atoms with E-state index in [0.717, 1.165) is 6.54 Å². The highest BCUT2D eigenvalue weighted by atomic mass is 16.1. The number of hydrogen-bond acceptors (Lipinski definition) is 3. The van der Waals surface area contributed by atoms with Crippen LogP contribution in [0.3, 0.4) is 0 Å². The van der Waals surface area contributed by atoms with Crippen molar-refractivity contribution < 1.29 is 4.79 Å². The van der Waals surface area contributed by atoms with E-state index in [-0.39, 0.29) is 11.9 Å². The maximum absolute atomic E-state index is 10.8. The zero-order valence-corrected chi connectivity index (χ0v) is 9.83. The number of piperidine rings is 1. The van der Waals surface area contributed by atoms with E-state index in [1.807, 2.05) is 6.92 Å². The van der Waals surface area contributed by atoms with Crippen molar-refractivity contribution in [3.63, 3.8) is 0 Å². The van der Waals surface area contributed by atoms with Gasteiger partial charge in [-0.15, -0.1) is 0 Å². The predicted molar refractivity (Wildman–Crippen MR) is 61.5 cm³/mol. The van der Waals surface area contributed by atoms with Gasteiger partial charge in [0, 0.05) is 12.6 Å². The van der Waals surface area contributed by atoms with Crippen molar-refractivity contribution in [2.24, 2.45) is 5.73 Å². The van der Waals surface area contributed by atoms with E-state index in [2.05, 4.69) is 17.1 Å². The van der Waals surface area contributed by atoms with Gasteiger partial charge in [0.2, 0.25) is 5.91 Å². The van der Waals surface area contributed by atoms with Gasteiger partial charge in [0.15, 0.2) is 0 Å². The molecular formula is C11H23N3O. The third-order valence-electron chi connectivity index (χ3n) is 3.16. The summed E-state index contributed by atoms with van der Waals surface area (Å²) in [6, 6.07) is 0.268. The summed E-state index contributed by atoms with van der Waals surface area (Å²) < 4.78 is 0. The average molecular weight is 213 g/mol. The van der Waals surface area contributed by atoms with Crippen molar-refractivity contribution in [3.05, 3.63) is 0 Å². The maximum atomic E-state index is 10.8. The SMILES string of the molecule is CC(NCC(C)N1CCCCC1)C(N)=O. The summed E-state index contributed by atoms with van der Waals surface area (Å²) >= 11 is 0. The Morgan fingerprint density at radius 3 is 2.47 bits per heavy atom. The number of amides is 1. The van der Waals surface area contributed by atoms with Gasteiger partial charge in [-0.05, 0) is 39.8 Å². The first-order chi connectivity index (χ1) is 7.11. The molecule has 15 heavy (non-hydrogen) atoms. The average Bonchev–Trinajstić information content (AvgIpc) is 2.26. The number of nitrogens with two attached hydrogens (primary N) is 1. The summed E-state index contributed by atoms with van der Waals surface area (Å²) in [5, 5.41) is 3.16. The van der Waals surface area contributed by atoms with E-state index in [1.165, 1.54) is 32.4 Å². The molecule has 0 spiro atoms. The van der Waals surface area contributed by atoms with Crippen molar-refractivity contribution >= 4 is 5.91 Å². The fourth-order valence-electron chi connectivity index (χ4n) is 1.94. The second-order valence-electron chi connectivity index (χ2n) is 4.48. The highest BCUT2D eigenvalue weighted by molar-refractivity contribution is 5.79. The largest absolute Gasteiger partial charge is 0.368 e. The molecule has 4 heteroatoms. The number of carbonyl (C=O) groups is 1. The number of primary amides is 1. The van der Waals surface area contributed by atoms with Crippen LogP contribution in [0, 0.1) is 0 Å². The minimum atomic E-state index is -0.277. The van der Waals surface area contributed by atoms with Crippen LogP contribution in [0.4, 0.5) is 0 Å². The third-order valence-corrected chi connectivity index (χ3v) is 3.16. The fraction of sp³-hybridized carbons (Fsp3) is 0.909. The summed E-state index contributed by atoms with van der Waals surface area (Å²) in [6.07, 6.45) is 3.96. The molecule has 0 aromatic heterocycles. The molecule has 1 aliphatic heterocycles. The van der Waals surface area contributed by atoms with Gasteiger partial charge in [0.05, 0.1) is 6.04 Å². The predicted octanol–water partition coefficient (Wildman–Crippen LogP) is 0.324. The van der Waals surface area contributed by atoms with Gasteiger partial charge < -0.3 is 11.1 Å². The second-order valence-corrected chi connectivity index (χ2v) is 4.48. The van der Waals surface area contributed by atoms with E-state index in [4.69, 9.17) is 5.73 Å². The summed E-state index contributed by atoms with van der Waals surface area (Å²) in [7, 11) is 0. The summed E-state index contributed by atoms with van der Waals surface area (Å²) in [4.78, 5) is 13.3. The lowest BCUT2D eigenvalue weighted by molar-refractivity contribution is -0.119. The van der Waals surface area contributed by atoms with Gasteiger partial charge in [0.1, 0.15) is 0 Å². The molecule has 1 fully saturated rings. The molecule has 0 bridgehead atoms. The molecule has 0 saturated carbocycles. The zero-order valence-electron chi connectivity index (χ0n) is 9.83. The van der Waals surface area contributed by atoms with Gasteiger partial charge in [-0.2, -0.15) is 0 Å². The number of carbonyl (C=O) groups excluding carboxylic acids is 1. The highest BCUT2D eigenvalue weighted by Gasteiger charge is 2.17. The van der Waals surface area contributed by atoms with Crippen LogP contribution in [0.15, 0.2) is 0 Å². The second kappa shape index (κ2) is 6.08. The molecule has 4 nitrogen and oxygen atoms in total. The van der Waals surface area contributed by atoms with Gasteiger partial charge in [0.25, 0.3) is 0 Å². The lowest BCUT2D eigenvalue weighted by Crippen LogP contribution is -2.47. The van der Waals surface area contributed by atoms with Crippen LogP contribution in [0.25, 0.3) is 0 Å². The summed E-state index contributed by atoms with van der Waals surface area (Å²) in [5.41, 5.74) is 5.19. The molecule has 3 N–H and O–H groups in total. The number of hydrogen-bond donors (Lipinski definition) is 2. The fourth-order valence-corrected chi connectivity index (χ4v) is 1.94. The summed E-state index contributed by atoms with van der Waals surface area (Å²) in [6.45, 7) is 7.23. The van der Waals surface area contributed by atoms with E-state index in [9.17, 15) is 4.79 Å². The Balaban J connectivity index is 2.22. The maximum Gasteiger partial charge on any atom is 0.234 e. The first-order valence-electron chi connectivity index (χ1n) is 5.88. The molecule has 1 heterocycles. The van der Waals surface area contributed by atoms with Gasteiger partial charge in [-0.3, -0.25) is 9.69 Å². The minimum absolute atomic E-state index is 0.225. The minimum Gasteiger partial charge on any atom is -0.368 e. The quantitative estimate of drug-likeness (QED) is 0.691. The molecule has 1 aliphatic rings. The first kappa shape index (κ1) is 12.5. The Hall–Kier alpha value is -0.610. The highest BCUT2D eigenvalue weighted by Crippen LogP contribution is 2.11. The molecule has 1 saturated heterocycles. The smallest absolute Gasteiger partial charge is 0.234 e. The molecule has 0 aromatic rings. The third kappa shape index (κ3) is 4.18. The van der Waals surface area contributed by atoms with Crippen LogP contribution in [0.5, 0.6) is 0 Å². The van der Waals surface area contributed by atoms with E-state index < -0.39 is 0 Å². The van der Waals surface area contributed by atoms with Crippen molar-refractivity contribution in [1.82, 2.24) is 10.2 Å². The summed E-state index contributed by atoms with van der Waals surface area (Å²) in [5.74, 6) is -0.277. The Kier molecular flexibility index (Phi) is 5.05. The van der Waals surface area contributed by atoms with Crippen LogP contribution in [0.2, 0.25) is 0 Å². The standard InChI is InChI=1S/C11H23N3O/c1-9(8-13-10(2)11(12)15)14-6-4-3-5-7-14/h9-10,13H,3-8H2,1-2H3,(H2,12,15). The number of rotatable bonds is 5. The topological polar surface area (TPSA) is 58.4 Å². The molecule has 88 valence electrons. The van der Waals surface area contributed by atoms with E-state index in [0.29, 0.717) is 6.04 Å². The zero-order chi connectivity index (χ0) is 11.3. The Labute approximate surface area is 92.2 Å². The van der Waals surface area contributed by atoms with Crippen molar-refractivity contribution in [3.8, 4) is 0 Å². The molecule has 1 amide bonds. The van der Waals surface area contributed by atoms with Crippen molar-refractivity contribution in [2.45, 2.75) is 45.2 Å². The Morgan fingerprint density at radius 1 is 1.33 bits per heavy atom. The monoisotopic (exact) mass is 213 g/mol. The van der Waals surface area contributed by atoms with Crippen LogP contribution in [0.1, 0.15) is 33.1 Å². The van der Waals surface area contributed by atoms with E-state index >= 15 is 0 Å². The molecule has 1 rings (SSSR count). The van der Waals surface area contributed by atoms with E-state index in [1.54, 1.807) is 0 Å². The van der Waals surface area contributed by atoms with Crippen molar-refractivity contribution in [2.75, 3.05) is 19.6 Å². The molecule has 0 radical (unpaired) electrons. The normalized spacial score (nSPS) is 22.3. The molecule has 2 unspecified atom stereocenters. The number of likely N-dealkylation sites (tertiary alicyclic amines) is 1. The van der Waals surface area contributed by atoms with Crippen LogP contribution in [-0.2, 0) is 4.79 Å². The van der Waals surface area contributed by atoms with Crippen LogP contribution < -0.4 is 11.1 Å². The van der Waals surface area contributed by atoms with Gasteiger partial charge in [-0.1, -0.05) is 6.42 Å². The van der Waals surface area contributed by atoms with Gasteiger partial charge >= 0.3 is 0 Å². The van der Waals surface area contributed by atoms with Gasteiger partial charge in [-0.25, -0.2) is 0 Å². The Morgan fingerprint density at radius 2 is 1.93 bits per heavy atom. The number of nitrogens with one attached hydrogen (secondary N) is 1. The van der Waals surface area contributed by atoms with Crippen LogP contribution >= 0.6 is 0 Å². The lowest BCUT2D eigenvalue weighted by Gasteiger charge is -2.32. The number of nitrogens with zero attached hydrogens (tertiary/aromatic N) is 1. The Bertz CT molecular complexity index is 202. The van der Waals surface area contributed by atoms with Crippen molar-refractivity contribution in [1.29, 1.82) is 0 Å².